The number of fused-ring (bicyclic) bond motifs is 1. The molecule has 6 heteroatoms. The largest absolute Gasteiger partial charge is 0.354 e. The normalized spacial score (nSPS) is 10.9. The molecule has 0 atom stereocenters. The fourth-order valence-electron chi connectivity index (χ4n) is 3.18. The van der Waals surface area contributed by atoms with Crippen LogP contribution in [-0.4, -0.2) is 27.0 Å². The van der Waals surface area contributed by atoms with Gasteiger partial charge in [0.1, 0.15) is 11.6 Å². The topological polar surface area (TPSA) is 59.8 Å². The molecule has 140 valence electrons. The summed E-state index contributed by atoms with van der Waals surface area (Å²) in [6.07, 6.45) is 3.70. The molecule has 0 aliphatic rings. The van der Waals surface area contributed by atoms with Gasteiger partial charge in [0.05, 0.1) is 17.5 Å². The molecule has 1 amide bonds. The van der Waals surface area contributed by atoms with Crippen molar-refractivity contribution in [3.05, 3.63) is 84.4 Å². The van der Waals surface area contributed by atoms with Gasteiger partial charge in [-0.15, -0.1) is 0 Å². The van der Waals surface area contributed by atoms with E-state index >= 15 is 0 Å². The molecular weight excluding hydrogens is 355 g/mol. The van der Waals surface area contributed by atoms with Crippen LogP contribution >= 0.6 is 0 Å². The summed E-state index contributed by atoms with van der Waals surface area (Å²) in [6, 6.07) is 17.7. The summed E-state index contributed by atoms with van der Waals surface area (Å²) in [6.45, 7) is 1.06. The quantitative estimate of drug-likeness (QED) is 0.561. The summed E-state index contributed by atoms with van der Waals surface area (Å²) in [4.78, 5) is 21.0. The Labute approximate surface area is 161 Å². The van der Waals surface area contributed by atoms with E-state index in [4.69, 9.17) is 4.98 Å². The third-order valence-electron chi connectivity index (χ3n) is 4.53. The summed E-state index contributed by atoms with van der Waals surface area (Å²) < 4.78 is 15.1. The van der Waals surface area contributed by atoms with Gasteiger partial charge in [0.2, 0.25) is 5.91 Å². The van der Waals surface area contributed by atoms with Crippen molar-refractivity contribution in [3.63, 3.8) is 0 Å². The number of amides is 1. The third kappa shape index (κ3) is 3.91. The predicted molar refractivity (Wildman–Crippen MR) is 106 cm³/mol. The smallest absolute Gasteiger partial charge is 0.224 e. The maximum absolute atomic E-state index is 13.0. The lowest BCUT2D eigenvalue weighted by Gasteiger charge is -2.11. The Kier molecular flexibility index (Phi) is 5.10. The molecule has 0 spiro atoms. The number of rotatable bonds is 6. The van der Waals surface area contributed by atoms with Crippen LogP contribution in [0.25, 0.3) is 22.4 Å². The van der Waals surface area contributed by atoms with Crippen LogP contribution in [0.3, 0.4) is 0 Å². The second-order valence-corrected chi connectivity index (χ2v) is 6.46. The molecule has 2 aromatic heterocycles. The maximum Gasteiger partial charge on any atom is 0.224 e. The van der Waals surface area contributed by atoms with Crippen molar-refractivity contribution in [2.45, 2.75) is 13.0 Å². The zero-order valence-corrected chi connectivity index (χ0v) is 15.2. The van der Waals surface area contributed by atoms with Crippen LogP contribution in [0.15, 0.2) is 73.1 Å². The van der Waals surface area contributed by atoms with E-state index in [0.29, 0.717) is 13.1 Å². The van der Waals surface area contributed by atoms with E-state index < -0.39 is 0 Å². The van der Waals surface area contributed by atoms with Crippen LogP contribution in [0.2, 0.25) is 0 Å². The first-order valence-electron chi connectivity index (χ1n) is 9.07. The fraction of sp³-hybridized carbons (Fsp3) is 0.136. The van der Waals surface area contributed by atoms with Crippen molar-refractivity contribution in [3.8, 4) is 11.4 Å². The molecule has 0 bridgehead atoms. The van der Waals surface area contributed by atoms with E-state index in [0.717, 1.165) is 28.0 Å². The van der Waals surface area contributed by atoms with Gasteiger partial charge in [-0.1, -0.05) is 24.3 Å². The molecular formula is C22H19FN4O. The minimum absolute atomic E-state index is 0.0958. The average molecular weight is 374 g/mol. The second-order valence-electron chi connectivity index (χ2n) is 6.46. The number of hydrogen-bond donors (Lipinski definition) is 1. The number of carbonyl (C=O) groups excluding carboxylic acids is 1. The molecule has 0 radical (unpaired) electrons. The SMILES string of the molecule is O=C(Cc1ccc(F)cc1)NCCn1c(-c2ccncc2)nc2ccccc21. The highest BCUT2D eigenvalue weighted by Gasteiger charge is 2.12. The number of halogens is 1. The van der Waals surface area contributed by atoms with Gasteiger partial charge in [-0.2, -0.15) is 0 Å². The summed E-state index contributed by atoms with van der Waals surface area (Å²) in [5, 5.41) is 2.93. The number of benzene rings is 2. The first kappa shape index (κ1) is 17.9. The molecule has 0 saturated heterocycles. The van der Waals surface area contributed by atoms with Crippen LogP contribution in [0.4, 0.5) is 4.39 Å². The molecule has 0 aliphatic heterocycles. The van der Waals surface area contributed by atoms with Crippen molar-refractivity contribution < 1.29 is 9.18 Å². The number of para-hydroxylation sites is 2. The van der Waals surface area contributed by atoms with Crippen LogP contribution in [0, 0.1) is 5.82 Å². The molecule has 2 heterocycles. The Balaban J connectivity index is 1.48. The van der Waals surface area contributed by atoms with E-state index in [2.05, 4.69) is 14.9 Å². The number of aromatic nitrogens is 3. The highest BCUT2D eigenvalue weighted by molar-refractivity contribution is 5.81. The number of pyridine rings is 1. The number of nitrogens with zero attached hydrogens (tertiary/aromatic N) is 3. The van der Waals surface area contributed by atoms with E-state index in [1.165, 1.54) is 12.1 Å². The van der Waals surface area contributed by atoms with Crippen LogP contribution in [-0.2, 0) is 17.8 Å². The van der Waals surface area contributed by atoms with Crippen molar-refractivity contribution in [2.24, 2.45) is 0 Å². The van der Waals surface area contributed by atoms with Crippen molar-refractivity contribution >= 4 is 16.9 Å². The molecule has 2 aromatic carbocycles. The van der Waals surface area contributed by atoms with Crippen molar-refractivity contribution in [1.29, 1.82) is 0 Å². The Morgan fingerprint density at radius 1 is 1.00 bits per heavy atom. The van der Waals surface area contributed by atoms with Gasteiger partial charge in [0.15, 0.2) is 0 Å². The monoisotopic (exact) mass is 374 g/mol. The standard InChI is InChI=1S/C22H19FN4O/c23-18-7-5-16(6-8-18)15-21(28)25-13-14-27-20-4-2-1-3-19(20)26-22(27)17-9-11-24-12-10-17/h1-12H,13-15H2,(H,25,28). The lowest BCUT2D eigenvalue weighted by molar-refractivity contribution is -0.120. The Morgan fingerprint density at radius 3 is 2.54 bits per heavy atom. The average Bonchev–Trinajstić information content (AvgIpc) is 3.09. The van der Waals surface area contributed by atoms with Gasteiger partial charge in [0, 0.05) is 31.0 Å². The lowest BCUT2D eigenvalue weighted by Crippen LogP contribution is -2.28. The molecule has 0 aliphatic carbocycles. The van der Waals surface area contributed by atoms with Gasteiger partial charge in [-0.25, -0.2) is 9.37 Å². The van der Waals surface area contributed by atoms with Gasteiger partial charge < -0.3 is 9.88 Å². The van der Waals surface area contributed by atoms with Crippen molar-refractivity contribution in [2.75, 3.05) is 6.54 Å². The van der Waals surface area contributed by atoms with Gasteiger partial charge >= 0.3 is 0 Å². The zero-order valence-electron chi connectivity index (χ0n) is 15.2. The summed E-state index contributed by atoms with van der Waals surface area (Å²) in [7, 11) is 0. The van der Waals surface area contributed by atoms with E-state index in [-0.39, 0.29) is 18.1 Å². The number of nitrogens with one attached hydrogen (secondary N) is 1. The summed E-state index contributed by atoms with van der Waals surface area (Å²) in [5.74, 6) is 0.442. The van der Waals surface area contributed by atoms with E-state index in [9.17, 15) is 9.18 Å². The maximum atomic E-state index is 13.0. The lowest BCUT2D eigenvalue weighted by atomic mass is 10.1. The number of imidazole rings is 1. The first-order chi connectivity index (χ1) is 13.7. The van der Waals surface area contributed by atoms with E-state index in [1.807, 2.05) is 36.4 Å². The molecule has 4 aromatic rings. The van der Waals surface area contributed by atoms with Gasteiger partial charge in [-0.3, -0.25) is 9.78 Å². The van der Waals surface area contributed by atoms with E-state index in [1.54, 1.807) is 24.5 Å². The Morgan fingerprint density at radius 2 is 1.75 bits per heavy atom. The zero-order chi connectivity index (χ0) is 19.3. The molecule has 0 unspecified atom stereocenters. The minimum atomic E-state index is -0.306. The summed E-state index contributed by atoms with van der Waals surface area (Å²) >= 11 is 0. The molecule has 1 N–H and O–H groups in total. The molecule has 0 saturated carbocycles. The van der Waals surface area contributed by atoms with Crippen molar-refractivity contribution in [1.82, 2.24) is 19.9 Å². The summed E-state index contributed by atoms with van der Waals surface area (Å²) in [5.41, 5.74) is 3.68. The number of carbonyl (C=O) groups is 1. The van der Waals surface area contributed by atoms with Gasteiger partial charge in [0.25, 0.3) is 0 Å². The minimum Gasteiger partial charge on any atom is -0.354 e. The molecule has 4 rings (SSSR count). The Hall–Kier alpha value is -3.54. The number of hydrogen-bond acceptors (Lipinski definition) is 3. The van der Waals surface area contributed by atoms with Gasteiger partial charge in [-0.05, 0) is 42.0 Å². The van der Waals surface area contributed by atoms with Crippen LogP contribution in [0.1, 0.15) is 5.56 Å². The highest BCUT2D eigenvalue weighted by atomic mass is 19.1. The first-order valence-corrected chi connectivity index (χ1v) is 9.07. The van der Waals surface area contributed by atoms with Crippen LogP contribution < -0.4 is 5.32 Å². The third-order valence-corrected chi connectivity index (χ3v) is 4.53. The van der Waals surface area contributed by atoms with Crippen LogP contribution in [0.5, 0.6) is 0 Å². The molecule has 5 nitrogen and oxygen atoms in total. The molecule has 28 heavy (non-hydrogen) atoms. The second kappa shape index (κ2) is 8.00. The molecule has 0 fully saturated rings. The highest BCUT2D eigenvalue weighted by Crippen LogP contribution is 2.24. The Bertz CT molecular complexity index is 1090. The fourth-order valence-corrected chi connectivity index (χ4v) is 3.18. The predicted octanol–water partition coefficient (Wildman–Crippen LogP) is 3.60.